The summed E-state index contributed by atoms with van der Waals surface area (Å²) in [6.07, 6.45) is 4.29. The van der Waals surface area contributed by atoms with Crippen molar-refractivity contribution < 1.29 is 18.1 Å². The molecule has 0 radical (unpaired) electrons. The molecule has 0 atom stereocenters. The summed E-state index contributed by atoms with van der Waals surface area (Å²) in [5.41, 5.74) is 2.02. The Hall–Kier alpha value is -2.15. The maximum absolute atomic E-state index is 12.9. The zero-order chi connectivity index (χ0) is 19.3. The number of rotatable bonds is 6. The van der Waals surface area contributed by atoms with Gasteiger partial charge in [0.1, 0.15) is 5.75 Å². The average molecular weight is 388 g/mol. The second-order valence-corrected chi connectivity index (χ2v) is 8.74. The SMILES string of the molecule is COc1ccc(S(=O)(=O)N2CC[NH+](C/C=C/c3ccccc3)CC2)cc1C. The van der Waals surface area contributed by atoms with Crippen LogP contribution in [0.15, 0.2) is 59.5 Å². The molecule has 0 unspecified atom stereocenters. The van der Waals surface area contributed by atoms with E-state index in [1.807, 2.05) is 25.1 Å². The third-order valence-electron chi connectivity index (χ3n) is 4.95. The second kappa shape index (κ2) is 8.69. The van der Waals surface area contributed by atoms with Crippen LogP contribution in [-0.2, 0) is 10.0 Å². The van der Waals surface area contributed by atoms with Crippen molar-refractivity contribution in [2.45, 2.75) is 11.8 Å². The molecule has 1 N–H and O–H groups in total. The van der Waals surface area contributed by atoms with Crippen LogP contribution in [0.5, 0.6) is 5.75 Å². The summed E-state index contributed by atoms with van der Waals surface area (Å²) < 4.78 is 32.6. The molecule has 1 aliphatic rings. The van der Waals surface area contributed by atoms with Gasteiger partial charge in [0.05, 0.1) is 44.7 Å². The molecule has 2 aromatic rings. The summed E-state index contributed by atoms with van der Waals surface area (Å²) in [5.74, 6) is 0.702. The van der Waals surface area contributed by atoms with Gasteiger partial charge in [-0.2, -0.15) is 4.31 Å². The van der Waals surface area contributed by atoms with E-state index in [2.05, 4.69) is 24.3 Å². The van der Waals surface area contributed by atoms with Crippen LogP contribution < -0.4 is 9.64 Å². The molecule has 1 fully saturated rings. The lowest BCUT2D eigenvalue weighted by Gasteiger charge is -2.31. The predicted molar refractivity (Wildman–Crippen MR) is 108 cm³/mol. The van der Waals surface area contributed by atoms with Crippen LogP contribution in [0, 0.1) is 6.92 Å². The molecule has 27 heavy (non-hydrogen) atoms. The van der Waals surface area contributed by atoms with Gasteiger partial charge in [0.25, 0.3) is 0 Å². The second-order valence-electron chi connectivity index (χ2n) is 6.80. The van der Waals surface area contributed by atoms with E-state index in [1.165, 1.54) is 10.5 Å². The fourth-order valence-corrected chi connectivity index (χ4v) is 4.86. The number of piperazine rings is 1. The molecule has 6 heteroatoms. The fourth-order valence-electron chi connectivity index (χ4n) is 3.33. The van der Waals surface area contributed by atoms with Gasteiger partial charge in [-0.25, -0.2) is 8.42 Å². The number of hydrogen-bond acceptors (Lipinski definition) is 3. The van der Waals surface area contributed by atoms with Crippen molar-refractivity contribution in [1.29, 1.82) is 0 Å². The van der Waals surface area contributed by atoms with Crippen molar-refractivity contribution in [3.8, 4) is 5.75 Å². The number of aryl methyl sites for hydroxylation is 1. The molecule has 0 spiro atoms. The molecule has 144 valence electrons. The molecule has 2 aromatic carbocycles. The fraction of sp³-hybridized carbons (Fsp3) is 0.333. The number of nitrogens with one attached hydrogen (secondary N) is 1. The average Bonchev–Trinajstić information content (AvgIpc) is 2.69. The Bertz CT molecular complexity index is 887. The number of quaternary nitrogens is 1. The van der Waals surface area contributed by atoms with E-state index < -0.39 is 10.0 Å². The van der Waals surface area contributed by atoms with Crippen LogP contribution in [0.2, 0.25) is 0 Å². The van der Waals surface area contributed by atoms with E-state index in [0.29, 0.717) is 23.7 Å². The first-order valence-corrected chi connectivity index (χ1v) is 10.6. The molecule has 0 aliphatic carbocycles. The van der Waals surface area contributed by atoms with E-state index in [0.717, 1.165) is 25.2 Å². The monoisotopic (exact) mass is 387 g/mol. The smallest absolute Gasteiger partial charge is 0.243 e. The molecule has 0 amide bonds. The number of nitrogens with zero attached hydrogens (tertiary/aromatic N) is 1. The Kier molecular flexibility index (Phi) is 6.31. The highest BCUT2D eigenvalue weighted by Crippen LogP contribution is 2.23. The van der Waals surface area contributed by atoms with Gasteiger partial charge >= 0.3 is 0 Å². The normalized spacial score (nSPS) is 16.7. The lowest BCUT2D eigenvalue weighted by atomic mass is 10.2. The minimum Gasteiger partial charge on any atom is -0.496 e. The number of methoxy groups -OCH3 is 1. The molecule has 0 aromatic heterocycles. The highest BCUT2D eigenvalue weighted by molar-refractivity contribution is 7.89. The van der Waals surface area contributed by atoms with Crippen molar-refractivity contribution in [1.82, 2.24) is 4.31 Å². The lowest BCUT2D eigenvalue weighted by Crippen LogP contribution is -3.14. The van der Waals surface area contributed by atoms with Crippen LogP contribution in [-0.4, -0.2) is 52.6 Å². The minimum absolute atomic E-state index is 0.341. The van der Waals surface area contributed by atoms with E-state index in [4.69, 9.17) is 4.74 Å². The molecule has 5 nitrogen and oxygen atoms in total. The van der Waals surface area contributed by atoms with E-state index in [9.17, 15) is 8.42 Å². The number of hydrogen-bond donors (Lipinski definition) is 1. The van der Waals surface area contributed by atoms with E-state index in [-0.39, 0.29) is 0 Å². The van der Waals surface area contributed by atoms with Gasteiger partial charge in [-0.05, 0) is 42.3 Å². The van der Waals surface area contributed by atoms with Crippen LogP contribution in [0.1, 0.15) is 11.1 Å². The molecule has 1 heterocycles. The minimum atomic E-state index is -3.45. The first-order valence-electron chi connectivity index (χ1n) is 9.20. The van der Waals surface area contributed by atoms with Gasteiger partial charge in [0, 0.05) is 0 Å². The maximum Gasteiger partial charge on any atom is 0.243 e. The molecule has 3 rings (SSSR count). The van der Waals surface area contributed by atoms with Crippen molar-refractivity contribution in [3.63, 3.8) is 0 Å². The van der Waals surface area contributed by atoms with Gasteiger partial charge in [-0.15, -0.1) is 0 Å². The zero-order valence-corrected chi connectivity index (χ0v) is 16.7. The zero-order valence-electron chi connectivity index (χ0n) is 15.9. The Labute approximate surface area is 161 Å². The van der Waals surface area contributed by atoms with Gasteiger partial charge in [0.2, 0.25) is 10.0 Å². The number of ether oxygens (including phenoxy) is 1. The summed E-state index contributed by atoms with van der Waals surface area (Å²) in [4.78, 5) is 1.74. The van der Waals surface area contributed by atoms with Crippen molar-refractivity contribution >= 4 is 16.1 Å². The van der Waals surface area contributed by atoms with E-state index in [1.54, 1.807) is 29.6 Å². The summed E-state index contributed by atoms with van der Waals surface area (Å²) >= 11 is 0. The molecular formula is C21H27N2O3S+. The Morgan fingerprint density at radius 2 is 1.81 bits per heavy atom. The van der Waals surface area contributed by atoms with Gasteiger partial charge in [-0.3, -0.25) is 0 Å². The summed E-state index contributed by atoms with van der Waals surface area (Å²) in [5, 5.41) is 0. The van der Waals surface area contributed by atoms with Crippen LogP contribution in [0.3, 0.4) is 0 Å². The van der Waals surface area contributed by atoms with Gasteiger partial charge in [0.15, 0.2) is 0 Å². The maximum atomic E-state index is 12.9. The largest absolute Gasteiger partial charge is 0.496 e. The summed E-state index contributed by atoms with van der Waals surface area (Å²) in [6.45, 7) is 5.48. The predicted octanol–water partition coefficient (Wildman–Crippen LogP) is 1.61. The third-order valence-corrected chi connectivity index (χ3v) is 6.84. The first-order chi connectivity index (χ1) is 13.0. The van der Waals surface area contributed by atoms with Crippen LogP contribution >= 0.6 is 0 Å². The Morgan fingerprint density at radius 1 is 1.11 bits per heavy atom. The van der Waals surface area contributed by atoms with Crippen LogP contribution in [0.25, 0.3) is 6.08 Å². The molecule has 0 bridgehead atoms. The highest BCUT2D eigenvalue weighted by Gasteiger charge is 2.30. The lowest BCUT2D eigenvalue weighted by molar-refractivity contribution is -0.897. The first kappa shape index (κ1) is 19.6. The van der Waals surface area contributed by atoms with E-state index >= 15 is 0 Å². The van der Waals surface area contributed by atoms with Gasteiger partial charge in [-0.1, -0.05) is 36.4 Å². The standard InChI is InChI=1S/C21H26N2O3S/c1-18-17-20(10-11-21(18)26-2)27(24,25)23-15-13-22(14-16-23)12-6-9-19-7-4-3-5-8-19/h3-11,17H,12-16H2,1-2H3/p+1/b9-6+. The van der Waals surface area contributed by atoms with Crippen molar-refractivity contribution in [3.05, 3.63) is 65.7 Å². The third kappa shape index (κ3) is 4.77. The van der Waals surface area contributed by atoms with Crippen LogP contribution in [0.4, 0.5) is 0 Å². The number of benzene rings is 2. The van der Waals surface area contributed by atoms with Crippen molar-refractivity contribution in [2.75, 3.05) is 39.8 Å². The summed E-state index contributed by atoms with van der Waals surface area (Å²) in [6, 6.07) is 15.2. The molecule has 1 aliphatic heterocycles. The summed E-state index contributed by atoms with van der Waals surface area (Å²) in [7, 11) is -1.86. The Morgan fingerprint density at radius 3 is 2.44 bits per heavy atom. The molecule has 0 saturated carbocycles. The quantitative estimate of drug-likeness (QED) is 0.819. The van der Waals surface area contributed by atoms with Gasteiger partial charge < -0.3 is 9.64 Å². The van der Waals surface area contributed by atoms with Crippen molar-refractivity contribution in [2.24, 2.45) is 0 Å². The topological polar surface area (TPSA) is 51.1 Å². The Balaban J connectivity index is 1.58. The number of sulfonamides is 1. The highest BCUT2D eigenvalue weighted by atomic mass is 32.2. The molecular weight excluding hydrogens is 360 g/mol. The molecule has 1 saturated heterocycles.